The Kier molecular flexibility index (Phi) is 4.90. The third-order valence-corrected chi connectivity index (χ3v) is 1.92. The van der Waals surface area contributed by atoms with Crippen molar-refractivity contribution in [3.8, 4) is 0 Å². The fourth-order valence-corrected chi connectivity index (χ4v) is 1.27. The summed E-state index contributed by atoms with van der Waals surface area (Å²) in [5.74, 6) is 0.873. The average molecular weight is 178 g/mol. The van der Waals surface area contributed by atoms with Crippen LogP contribution in [0.25, 0.3) is 0 Å². The first kappa shape index (κ1) is 11.8. The molecule has 0 atom stereocenters. The van der Waals surface area contributed by atoms with Crippen LogP contribution in [0.4, 0.5) is 0 Å². The van der Waals surface area contributed by atoms with Crippen molar-refractivity contribution in [2.45, 2.75) is 20.8 Å². The second kappa shape index (κ2) is 5.41. The Bertz CT molecular complexity index is 267. The van der Waals surface area contributed by atoms with E-state index in [1.807, 2.05) is 26.8 Å². The van der Waals surface area contributed by atoms with Crippen LogP contribution in [0.3, 0.4) is 0 Å². The highest BCUT2D eigenvalue weighted by Gasteiger charge is 2.04. The fourth-order valence-electron chi connectivity index (χ4n) is 1.27. The van der Waals surface area contributed by atoms with Gasteiger partial charge in [-0.2, -0.15) is 0 Å². The zero-order valence-corrected chi connectivity index (χ0v) is 8.98. The summed E-state index contributed by atoms with van der Waals surface area (Å²) in [5.41, 5.74) is 3.13. The first-order chi connectivity index (χ1) is 6.08. The van der Waals surface area contributed by atoms with E-state index in [0.29, 0.717) is 0 Å². The molecule has 0 saturated carbocycles. The second-order valence-corrected chi connectivity index (χ2v) is 2.88. The maximum Gasteiger partial charge on any atom is 0.118 e. The zero-order chi connectivity index (χ0) is 10.4. The molecule has 0 saturated heterocycles. The molecule has 0 unspecified atom stereocenters. The van der Waals surface area contributed by atoms with E-state index in [1.54, 1.807) is 13.2 Å². The quantitative estimate of drug-likeness (QED) is 0.472. The van der Waals surface area contributed by atoms with E-state index in [4.69, 9.17) is 4.74 Å². The molecule has 0 aromatic rings. The molecule has 0 aliphatic heterocycles. The van der Waals surface area contributed by atoms with Gasteiger partial charge in [0.25, 0.3) is 0 Å². The minimum absolute atomic E-state index is 0.873. The summed E-state index contributed by atoms with van der Waals surface area (Å²) in [7, 11) is 1.66. The SMILES string of the molecule is C=C/C(C(=C)C)=C(C)/C(=C\C)OC. The number of methoxy groups -OCH3 is 1. The highest BCUT2D eigenvalue weighted by Crippen LogP contribution is 2.20. The molecule has 0 amide bonds. The molecule has 1 heteroatoms. The van der Waals surface area contributed by atoms with Crippen LogP contribution in [0, 0.1) is 0 Å². The number of hydrogen-bond donors (Lipinski definition) is 0. The van der Waals surface area contributed by atoms with Crippen molar-refractivity contribution in [3.63, 3.8) is 0 Å². The molecule has 0 heterocycles. The summed E-state index contributed by atoms with van der Waals surface area (Å²) in [6.45, 7) is 13.6. The Labute approximate surface area is 81.1 Å². The monoisotopic (exact) mass is 178 g/mol. The lowest BCUT2D eigenvalue weighted by molar-refractivity contribution is 0.299. The normalized spacial score (nSPS) is 13.4. The number of hydrogen-bond acceptors (Lipinski definition) is 1. The van der Waals surface area contributed by atoms with Crippen molar-refractivity contribution in [1.82, 2.24) is 0 Å². The Morgan fingerprint density at radius 3 is 2.08 bits per heavy atom. The molecular weight excluding hydrogens is 160 g/mol. The summed E-state index contributed by atoms with van der Waals surface area (Å²) in [5, 5.41) is 0. The number of rotatable bonds is 4. The molecule has 0 aliphatic rings. The molecule has 0 spiro atoms. The Balaban J connectivity index is 5.18. The zero-order valence-electron chi connectivity index (χ0n) is 8.98. The van der Waals surface area contributed by atoms with Gasteiger partial charge < -0.3 is 4.74 Å². The lowest BCUT2D eigenvalue weighted by Gasteiger charge is -2.10. The molecule has 0 bridgehead atoms. The topological polar surface area (TPSA) is 9.23 Å². The molecule has 0 radical (unpaired) electrons. The Morgan fingerprint density at radius 1 is 1.31 bits per heavy atom. The minimum Gasteiger partial charge on any atom is -0.497 e. The first-order valence-electron chi connectivity index (χ1n) is 4.28. The van der Waals surface area contributed by atoms with Gasteiger partial charge in [-0.05, 0) is 38.0 Å². The molecular formula is C12H18O. The van der Waals surface area contributed by atoms with Crippen molar-refractivity contribution in [1.29, 1.82) is 0 Å². The van der Waals surface area contributed by atoms with Crippen LogP contribution in [-0.4, -0.2) is 7.11 Å². The third kappa shape index (κ3) is 2.94. The van der Waals surface area contributed by atoms with Crippen molar-refractivity contribution >= 4 is 0 Å². The van der Waals surface area contributed by atoms with E-state index in [9.17, 15) is 0 Å². The highest BCUT2D eigenvalue weighted by molar-refractivity contribution is 5.45. The highest BCUT2D eigenvalue weighted by atomic mass is 16.5. The molecule has 72 valence electrons. The standard InChI is InChI=1S/C12H18O/c1-7-11(9(3)4)10(5)12(8-2)13-6/h7-8H,1,3H2,2,4-6H3/b11-10-,12-8+. The van der Waals surface area contributed by atoms with Crippen LogP contribution in [0.2, 0.25) is 0 Å². The lowest BCUT2D eigenvalue weighted by Crippen LogP contribution is -1.93. The van der Waals surface area contributed by atoms with Crippen LogP contribution >= 0.6 is 0 Å². The van der Waals surface area contributed by atoms with E-state index in [2.05, 4.69) is 13.2 Å². The van der Waals surface area contributed by atoms with E-state index >= 15 is 0 Å². The van der Waals surface area contributed by atoms with Crippen molar-refractivity contribution in [3.05, 3.63) is 47.8 Å². The maximum atomic E-state index is 5.21. The molecule has 1 nitrogen and oxygen atoms in total. The summed E-state index contributed by atoms with van der Waals surface area (Å²) in [4.78, 5) is 0. The van der Waals surface area contributed by atoms with Gasteiger partial charge in [-0.1, -0.05) is 24.8 Å². The van der Waals surface area contributed by atoms with E-state index in [1.165, 1.54) is 0 Å². The third-order valence-electron chi connectivity index (χ3n) is 1.92. The van der Waals surface area contributed by atoms with E-state index in [-0.39, 0.29) is 0 Å². The van der Waals surface area contributed by atoms with E-state index in [0.717, 1.165) is 22.5 Å². The first-order valence-corrected chi connectivity index (χ1v) is 4.28. The predicted molar refractivity (Wildman–Crippen MR) is 58.5 cm³/mol. The lowest BCUT2D eigenvalue weighted by atomic mass is 10.0. The summed E-state index contributed by atoms with van der Waals surface area (Å²) in [6, 6.07) is 0. The molecule has 0 aromatic heterocycles. The van der Waals surface area contributed by atoms with Gasteiger partial charge in [-0.15, -0.1) is 0 Å². The molecule has 13 heavy (non-hydrogen) atoms. The molecule has 0 aliphatic carbocycles. The van der Waals surface area contributed by atoms with E-state index < -0.39 is 0 Å². The minimum atomic E-state index is 0.873. The second-order valence-electron chi connectivity index (χ2n) is 2.88. The van der Waals surface area contributed by atoms with Crippen LogP contribution in [0.15, 0.2) is 47.8 Å². The van der Waals surface area contributed by atoms with Crippen LogP contribution in [0.5, 0.6) is 0 Å². The van der Waals surface area contributed by atoms with Gasteiger partial charge in [0.15, 0.2) is 0 Å². The van der Waals surface area contributed by atoms with Crippen LogP contribution in [-0.2, 0) is 4.74 Å². The molecule has 0 rings (SSSR count). The predicted octanol–water partition coefficient (Wildman–Crippen LogP) is 3.62. The van der Waals surface area contributed by atoms with Crippen LogP contribution in [0.1, 0.15) is 20.8 Å². The van der Waals surface area contributed by atoms with Gasteiger partial charge in [-0.25, -0.2) is 0 Å². The number of ether oxygens (including phenoxy) is 1. The molecule has 0 fully saturated rings. The van der Waals surface area contributed by atoms with Gasteiger partial charge in [0.05, 0.1) is 7.11 Å². The number of allylic oxidation sites excluding steroid dienone is 5. The van der Waals surface area contributed by atoms with Crippen molar-refractivity contribution in [2.24, 2.45) is 0 Å². The van der Waals surface area contributed by atoms with Crippen LogP contribution < -0.4 is 0 Å². The van der Waals surface area contributed by atoms with Gasteiger partial charge in [0.1, 0.15) is 5.76 Å². The average Bonchev–Trinajstić information content (AvgIpc) is 2.07. The summed E-state index contributed by atoms with van der Waals surface area (Å²) in [6.07, 6.45) is 3.74. The smallest absolute Gasteiger partial charge is 0.118 e. The van der Waals surface area contributed by atoms with Gasteiger partial charge in [0, 0.05) is 0 Å². The van der Waals surface area contributed by atoms with Gasteiger partial charge >= 0.3 is 0 Å². The van der Waals surface area contributed by atoms with Gasteiger partial charge in [0.2, 0.25) is 0 Å². The maximum absolute atomic E-state index is 5.21. The summed E-state index contributed by atoms with van der Waals surface area (Å²) >= 11 is 0. The van der Waals surface area contributed by atoms with Crippen molar-refractivity contribution in [2.75, 3.05) is 7.11 Å². The molecule has 0 aromatic carbocycles. The Morgan fingerprint density at radius 2 is 1.85 bits per heavy atom. The van der Waals surface area contributed by atoms with Gasteiger partial charge in [-0.3, -0.25) is 0 Å². The Hall–Kier alpha value is -1.24. The summed E-state index contributed by atoms with van der Waals surface area (Å²) < 4.78 is 5.21. The van der Waals surface area contributed by atoms with Crippen molar-refractivity contribution < 1.29 is 4.74 Å². The largest absolute Gasteiger partial charge is 0.497 e. The molecule has 0 N–H and O–H groups in total. The fraction of sp³-hybridized carbons (Fsp3) is 0.333.